The molecule has 4 N–H and O–H groups in total. The Morgan fingerprint density at radius 3 is 2.57 bits per heavy atom. The van der Waals surface area contributed by atoms with E-state index in [1.54, 1.807) is 6.92 Å². The number of nitrogen functional groups attached to an aromatic ring is 1. The van der Waals surface area contributed by atoms with Crippen molar-refractivity contribution < 1.29 is 27.1 Å². The van der Waals surface area contributed by atoms with Crippen LogP contribution < -0.4 is 11.5 Å². The van der Waals surface area contributed by atoms with Crippen molar-refractivity contribution in [3.63, 3.8) is 0 Å². The van der Waals surface area contributed by atoms with Crippen LogP contribution in [-0.2, 0) is 17.5 Å². The monoisotopic (exact) mass is 402 g/mol. The average molecular weight is 402 g/mol. The van der Waals surface area contributed by atoms with Gasteiger partial charge in [0.05, 0.1) is 18.2 Å². The van der Waals surface area contributed by atoms with Crippen molar-refractivity contribution in [1.82, 2.24) is 9.78 Å². The normalized spacial score (nSPS) is 12.9. The standard InChI is InChI=1S/C18H22F4N4O2/c1-3-4-7-28-9-14-15(17(24)27)16(23)26(25-14)10(2)11-5-6-12(13(19)8-11)18(20,21)22/h5-6,8,10H,3-4,7,9,23H2,1-2H3,(H2,24,27). The molecule has 0 aliphatic heterocycles. The summed E-state index contributed by atoms with van der Waals surface area (Å²) in [6, 6.07) is 1.83. The van der Waals surface area contributed by atoms with Crippen LogP contribution in [0.25, 0.3) is 0 Å². The number of amides is 1. The zero-order valence-corrected chi connectivity index (χ0v) is 15.5. The summed E-state index contributed by atoms with van der Waals surface area (Å²) in [6.07, 6.45) is -3.04. The van der Waals surface area contributed by atoms with Crippen molar-refractivity contribution in [2.75, 3.05) is 12.3 Å². The molecule has 6 nitrogen and oxygen atoms in total. The highest BCUT2D eigenvalue weighted by Gasteiger charge is 2.34. The lowest BCUT2D eigenvalue weighted by Crippen LogP contribution is -2.17. The van der Waals surface area contributed by atoms with Crippen LogP contribution >= 0.6 is 0 Å². The molecule has 28 heavy (non-hydrogen) atoms. The number of unbranched alkanes of at least 4 members (excludes halogenated alkanes) is 1. The first kappa shape index (κ1) is 21.7. The zero-order valence-electron chi connectivity index (χ0n) is 15.5. The van der Waals surface area contributed by atoms with Crippen molar-refractivity contribution in [2.24, 2.45) is 5.73 Å². The summed E-state index contributed by atoms with van der Waals surface area (Å²) >= 11 is 0. The highest BCUT2D eigenvalue weighted by molar-refractivity contribution is 5.98. The molecule has 1 heterocycles. The van der Waals surface area contributed by atoms with Crippen LogP contribution in [-0.4, -0.2) is 22.3 Å². The van der Waals surface area contributed by atoms with Crippen LogP contribution in [0.5, 0.6) is 0 Å². The molecule has 1 aromatic carbocycles. The Kier molecular flexibility index (Phi) is 6.65. The number of aromatic nitrogens is 2. The maximum atomic E-state index is 13.9. The minimum Gasteiger partial charge on any atom is -0.383 e. The molecule has 1 aromatic heterocycles. The fraction of sp³-hybridized carbons (Fsp3) is 0.444. The van der Waals surface area contributed by atoms with E-state index in [2.05, 4.69) is 5.10 Å². The Labute approximate surface area is 159 Å². The Morgan fingerprint density at radius 1 is 1.36 bits per heavy atom. The van der Waals surface area contributed by atoms with Gasteiger partial charge in [0.2, 0.25) is 0 Å². The maximum absolute atomic E-state index is 13.9. The lowest BCUT2D eigenvalue weighted by molar-refractivity contribution is -0.140. The number of halogens is 4. The van der Waals surface area contributed by atoms with Crippen molar-refractivity contribution in [3.8, 4) is 0 Å². The van der Waals surface area contributed by atoms with Crippen LogP contribution in [0.4, 0.5) is 23.4 Å². The van der Waals surface area contributed by atoms with Gasteiger partial charge in [-0.2, -0.15) is 18.3 Å². The molecule has 1 amide bonds. The summed E-state index contributed by atoms with van der Waals surface area (Å²) < 4.78 is 58.8. The highest BCUT2D eigenvalue weighted by Crippen LogP contribution is 2.33. The van der Waals surface area contributed by atoms with Crippen LogP contribution in [0.15, 0.2) is 18.2 Å². The summed E-state index contributed by atoms with van der Waals surface area (Å²) in [7, 11) is 0. The van der Waals surface area contributed by atoms with Crippen LogP contribution in [0, 0.1) is 5.82 Å². The minimum absolute atomic E-state index is 0.00354. The highest BCUT2D eigenvalue weighted by atomic mass is 19.4. The topological polar surface area (TPSA) is 96.2 Å². The zero-order chi connectivity index (χ0) is 21.1. The molecular formula is C18H22F4N4O2. The molecule has 0 saturated carbocycles. The third-order valence-electron chi connectivity index (χ3n) is 4.30. The molecule has 0 fully saturated rings. The van der Waals surface area contributed by atoms with Gasteiger partial charge in [0.1, 0.15) is 22.9 Å². The number of primary amides is 1. The fourth-order valence-corrected chi connectivity index (χ4v) is 2.74. The molecule has 0 aliphatic rings. The van der Waals surface area contributed by atoms with Gasteiger partial charge in [-0.3, -0.25) is 4.79 Å². The lowest BCUT2D eigenvalue weighted by atomic mass is 10.1. The Balaban J connectivity index is 2.36. The number of alkyl halides is 3. The average Bonchev–Trinajstić information content (AvgIpc) is 2.93. The first-order valence-electron chi connectivity index (χ1n) is 8.68. The Bertz CT molecular complexity index is 849. The van der Waals surface area contributed by atoms with Gasteiger partial charge < -0.3 is 16.2 Å². The number of ether oxygens (including phenoxy) is 1. The van der Waals surface area contributed by atoms with Crippen LogP contribution in [0.1, 0.15) is 59.9 Å². The molecule has 2 aromatic rings. The van der Waals surface area contributed by atoms with E-state index in [1.165, 1.54) is 4.68 Å². The van der Waals surface area contributed by atoms with Crippen molar-refractivity contribution >= 4 is 11.7 Å². The molecule has 1 unspecified atom stereocenters. The van der Waals surface area contributed by atoms with Gasteiger partial charge in [0.25, 0.3) is 5.91 Å². The molecule has 1 atom stereocenters. The van der Waals surface area contributed by atoms with E-state index in [-0.39, 0.29) is 29.2 Å². The van der Waals surface area contributed by atoms with Gasteiger partial charge in [0, 0.05) is 6.61 Å². The molecule has 154 valence electrons. The molecule has 0 bridgehead atoms. The van der Waals surface area contributed by atoms with E-state index in [0.29, 0.717) is 12.7 Å². The summed E-state index contributed by atoms with van der Waals surface area (Å²) in [4.78, 5) is 11.8. The number of anilines is 1. The van der Waals surface area contributed by atoms with Crippen LogP contribution in [0.3, 0.4) is 0 Å². The largest absolute Gasteiger partial charge is 0.419 e. The molecule has 0 spiro atoms. The minimum atomic E-state index is -4.79. The quantitative estimate of drug-likeness (QED) is 0.520. The van der Waals surface area contributed by atoms with Gasteiger partial charge in [-0.25, -0.2) is 9.07 Å². The Morgan fingerprint density at radius 2 is 2.04 bits per heavy atom. The van der Waals surface area contributed by atoms with Gasteiger partial charge >= 0.3 is 6.18 Å². The fourth-order valence-electron chi connectivity index (χ4n) is 2.74. The number of nitrogens with zero attached hydrogens (tertiary/aromatic N) is 2. The predicted octanol–water partition coefficient (Wildman–Crippen LogP) is 3.65. The molecule has 0 radical (unpaired) electrons. The van der Waals surface area contributed by atoms with Crippen molar-refractivity contribution in [1.29, 1.82) is 0 Å². The molecule has 2 rings (SSSR count). The van der Waals surface area contributed by atoms with E-state index in [9.17, 15) is 22.4 Å². The first-order valence-corrected chi connectivity index (χ1v) is 8.68. The lowest BCUT2D eigenvalue weighted by Gasteiger charge is -2.16. The van der Waals surface area contributed by atoms with Gasteiger partial charge in [-0.15, -0.1) is 0 Å². The second-order valence-electron chi connectivity index (χ2n) is 6.33. The van der Waals surface area contributed by atoms with Gasteiger partial charge in [-0.1, -0.05) is 19.4 Å². The summed E-state index contributed by atoms with van der Waals surface area (Å²) in [5.74, 6) is -2.26. The molecule has 0 saturated heterocycles. The second kappa shape index (κ2) is 8.59. The molecular weight excluding hydrogens is 380 g/mol. The van der Waals surface area contributed by atoms with Crippen LogP contribution in [0.2, 0.25) is 0 Å². The van der Waals surface area contributed by atoms with Gasteiger partial charge in [0.15, 0.2) is 0 Å². The number of nitrogens with two attached hydrogens (primary N) is 2. The summed E-state index contributed by atoms with van der Waals surface area (Å²) in [6.45, 7) is 4.03. The number of rotatable bonds is 8. The number of hydrogen-bond donors (Lipinski definition) is 2. The van der Waals surface area contributed by atoms with Crippen molar-refractivity contribution in [2.45, 2.75) is 45.5 Å². The van der Waals surface area contributed by atoms with E-state index in [0.717, 1.165) is 25.0 Å². The summed E-state index contributed by atoms with van der Waals surface area (Å²) in [5.41, 5.74) is 10.4. The van der Waals surface area contributed by atoms with E-state index < -0.39 is 29.5 Å². The first-order chi connectivity index (χ1) is 13.1. The van der Waals surface area contributed by atoms with Gasteiger partial charge in [-0.05, 0) is 31.0 Å². The van der Waals surface area contributed by atoms with E-state index >= 15 is 0 Å². The third-order valence-corrected chi connectivity index (χ3v) is 4.30. The number of hydrogen-bond acceptors (Lipinski definition) is 4. The maximum Gasteiger partial charge on any atom is 0.419 e. The predicted molar refractivity (Wildman–Crippen MR) is 94.9 cm³/mol. The molecule has 0 aliphatic carbocycles. The number of carbonyl (C=O) groups excluding carboxylic acids is 1. The van der Waals surface area contributed by atoms with E-state index in [1.807, 2.05) is 6.92 Å². The summed E-state index contributed by atoms with van der Waals surface area (Å²) in [5, 5.41) is 4.23. The number of benzene rings is 1. The third kappa shape index (κ3) is 4.61. The second-order valence-corrected chi connectivity index (χ2v) is 6.33. The SMILES string of the molecule is CCCCOCc1nn(C(C)c2ccc(C(F)(F)F)c(F)c2)c(N)c1C(N)=O. The van der Waals surface area contributed by atoms with E-state index in [4.69, 9.17) is 16.2 Å². The Hall–Kier alpha value is -2.62. The molecule has 10 heteroatoms. The smallest absolute Gasteiger partial charge is 0.383 e. The number of carbonyl (C=O) groups is 1. The van der Waals surface area contributed by atoms with Crippen molar-refractivity contribution in [3.05, 3.63) is 46.4 Å².